The molecule has 0 radical (unpaired) electrons. The van der Waals surface area contributed by atoms with Gasteiger partial charge in [0, 0.05) is 24.2 Å². The largest absolute Gasteiger partial charge is 0.507 e. The zero-order valence-corrected chi connectivity index (χ0v) is 13.1. The fourth-order valence-electron chi connectivity index (χ4n) is 3.03. The zero-order chi connectivity index (χ0) is 15.3. The summed E-state index contributed by atoms with van der Waals surface area (Å²) >= 11 is 0. The number of methoxy groups -OCH3 is 1. The molecular weight excluding hydrogens is 266 g/mol. The Bertz CT molecular complexity index is 453. The number of aromatic hydroxyl groups is 1. The first kappa shape index (κ1) is 16.1. The van der Waals surface area contributed by atoms with E-state index in [2.05, 4.69) is 5.32 Å². The van der Waals surface area contributed by atoms with Crippen molar-refractivity contribution in [1.29, 1.82) is 0 Å². The number of ether oxygens (including phenoxy) is 1. The molecule has 0 saturated heterocycles. The Balaban J connectivity index is 1.96. The van der Waals surface area contributed by atoms with Gasteiger partial charge in [-0.2, -0.15) is 0 Å². The van der Waals surface area contributed by atoms with E-state index in [4.69, 9.17) is 4.74 Å². The van der Waals surface area contributed by atoms with E-state index < -0.39 is 5.60 Å². The van der Waals surface area contributed by atoms with Gasteiger partial charge in [0.1, 0.15) is 11.5 Å². The summed E-state index contributed by atoms with van der Waals surface area (Å²) in [5, 5.41) is 24.1. The van der Waals surface area contributed by atoms with E-state index in [-0.39, 0.29) is 11.8 Å². The second-order valence-corrected chi connectivity index (χ2v) is 6.17. The van der Waals surface area contributed by atoms with Gasteiger partial charge in [-0.3, -0.25) is 0 Å². The van der Waals surface area contributed by atoms with Crippen LogP contribution in [0.2, 0.25) is 0 Å². The van der Waals surface area contributed by atoms with Crippen LogP contribution in [-0.4, -0.2) is 29.5 Å². The highest BCUT2D eigenvalue weighted by molar-refractivity contribution is 5.41. The number of phenols is 1. The molecule has 1 aliphatic rings. The molecule has 0 bridgehead atoms. The van der Waals surface area contributed by atoms with Crippen molar-refractivity contribution < 1.29 is 14.9 Å². The molecule has 3 N–H and O–H groups in total. The van der Waals surface area contributed by atoms with E-state index in [1.807, 2.05) is 19.1 Å². The predicted molar refractivity (Wildman–Crippen MR) is 83.7 cm³/mol. The Kier molecular flexibility index (Phi) is 5.48. The summed E-state index contributed by atoms with van der Waals surface area (Å²) in [6.07, 6.45) is 6.36. The van der Waals surface area contributed by atoms with E-state index in [1.54, 1.807) is 13.2 Å². The van der Waals surface area contributed by atoms with Gasteiger partial charge in [0.25, 0.3) is 0 Å². The Morgan fingerprint density at radius 2 is 1.90 bits per heavy atom. The van der Waals surface area contributed by atoms with Gasteiger partial charge in [-0.15, -0.1) is 0 Å². The Hall–Kier alpha value is -1.26. The first-order chi connectivity index (χ1) is 10.0. The highest BCUT2D eigenvalue weighted by Crippen LogP contribution is 2.30. The van der Waals surface area contributed by atoms with Crippen molar-refractivity contribution in [2.24, 2.45) is 0 Å². The molecule has 2 rings (SSSR count). The van der Waals surface area contributed by atoms with Crippen LogP contribution in [0.1, 0.15) is 57.1 Å². The van der Waals surface area contributed by atoms with Crippen LogP contribution in [0.5, 0.6) is 11.5 Å². The number of aliphatic hydroxyl groups is 1. The molecule has 1 atom stereocenters. The van der Waals surface area contributed by atoms with E-state index in [9.17, 15) is 10.2 Å². The number of nitrogens with one attached hydrogen (secondary N) is 1. The number of hydrogen-bond acceptors (Lipinski definition) is 4. The lowest BCUT2D eigenvalue weighted by molar-refractivity contribution is 0.0231. The van der Waals surface area contributed by atoms with Gasteiger partial charge in [-0.1, -0.05) is 31.7 Å². The third-order valence-electron chi connectivity index (χ3n) is 4.48. The summed E-state index contributed by atoms with van der Waals surface area (Å²) in [6, 6.07) is 5.31. The van der Waals surface area contributed by atoms with Crippen LogP contribution in [0, 0.1) is 0 Å². The van der Waals surface area contributed by atoms with Gasteiger partial charge in [-0.05, 0) is 25.8 Å². The molecule has 0 aliphatic heterocycles. The molecule has 0 aromatic heterocycles. The maximum Gasteiger partial charge on any atom is 0.124 e. The van der Waals surface area contributed by atoms with Crippen LogP contribution in [-0.2, 0) is 0 Å². The van der Waals surface area contributed by atoms with Gasteiger partial charge in [0.2, 0.25) is 0 Å². The van der Waals surface area contributed by atoms with E-state index in [0.29, 0.717) is 12.3 Å². The Morgan fingerprint density at radius 1 is 1.24 bits per heavy atom. The summed E-state index contributed by atoms with van der Waals surface area (Å²) in [5.74, 6) is 0.869. The Labute approximate surface area is 127 Å². The van der Waals surface area contributed by atoms with Gasteiger partial charge in [0.05, 0.1) is 12.7 Å². The van der Waals surface area contributed by atoms with Gasteiger partial charge < -0.3 is 20.3 Å². The molecule has 4 nitrogen and oxygen atoms in total. The van der Waals surface area contributed by atoms with E-state index in [1.165, 1.54) is 12.8 Å². The molecule has 1 aromatic carbocycles. The van der Waals surface area contributed by atoms with Crippen LogP contribution in [0.3, 0.4) is 0 Å². The third-order valence-corrected chi connectivity index (χ3v) is 4.48. The normalized spacial score (nSPS) is 19.8. The number of phenolic OH excluding ortho intramolecular Hbond substituents is 1. The first-order valence-corrected chi connectivity index (χ1v) is 7.87. The quantitative estimate of drug-likeness (QED) is 0.730. The van der Waals surface area contributed by atoms with Crippen LogP contribution < -0.4 is 10.1 Å². The minimum atomic E-state index is -0.604. The van der Waals surface area contributed by atoms with Crippen molar-refractivity contribution >= 4 is 0 Å². The molecule has 1 saturated carbocycles. The average Bonchev–Trinajstić information content (AvgIpc) is 2.70. The molecule has 1 fully saturated rings. The van der Waals surface area contributed by atoms with Crippen molar-refractivity contribution in [1.82, 2.24) is 5.32 Å². The lowest BCUT2D eigenvalue weighted by Crippen LogP contribution is -2.41. The summed E-state index contributed by atoms with van der Waals surface area (Å²) in [6.45, 7) is 2.57. The third kappa shape index (κ3) is 4.35. The fourth-order valence-corrected chi connectivity index (χ4v) is 3.03. The van der Waals surface area contributed by atoms with Crippen molar-refractivity contribution in [3.8, 4) is 11.5 Å². The monoisotopic (exact) mass is 293 g/mol. The van der Waals surface area contributed by atoms with Crippen molar-refractivity contribution in [3.05, 3.63) is 23.8 Å². The topological polar surface area (TPSA) is 61.7 Å². The lowest BCUT2D eigenvalue weighted by Gasteiger charge is -2.29. The van der Waals surface area contributed by atoms with Gasteiger partial charge in [-0.25, -0.2) is 0 Å². The Morgan fingerprint density at radius 3 is 2.48 bits per heavy atom. The van der Waals surface area contributed by atoms with Crippen LogP contribution in [0.15, 0.2) is 18.2 Å². The maximum absolute atomic E-state index is 10.7. The zero-order valence-electron chi connectivity index (χ0n) is 13.1. The second-order valence-electron chi connectivity index (χ2n) is 6.17. The molecule has 0 heterocycles. The number of rotatable bonds is 5. The number of hydrogen-bond donors (Lipinski definition) is 3. The SMILES string of the molecule is COc1ccc(C(C)NCC2(O)CCCCCC2)c(O)c1. The number of benzene rings is 1. The molecule has 1 aliphatic carbocycles. The average molecular weight is 293 g/mol. The molecule has 0 amide bonds. The van der Waals surface area contributed by atoms with Crippen molar-refractivity contribution in [2.45, 2.75) is 57.1 Å². The summed E-state index contributed by atoms with van der Waals surface area (Å²) in [4.78, 5) is 0. The fraction of sp³-hybridized carbons (Fsp3) is 0.647. The lowest BCUT2D eigenvalue weighted by atomic mass is 9.94. The smallest absolute Gasteiger partial charge is 0.124 e. The summed E-state index contributed by atoms with van der Waals surface area (Å²) in [7, 11) is 1.58. The predicted octanol–water partition coefficient (Wildman–Crippen LogP) is 3.14. The molecule has 0 spiro atoms. The minimum Gasteiger partial charge on any atom is -0.507 e. The molecule has 1 aromatic rings. The van der Waals surface area contributed by atoms with Crippen LogP contribution >= 0.6 is 0 Å². The maximum atomic E-state index is 10.7. The van der Waals surface area contributed by atoms with E-state index >= 15 is 0 Å². The highest BCUT2D eigenvalue weighted by atomic mass is 16.5. The first-order valence-electron chi connectivity index (χ1n) is 7.87. The standard InChI is InChI=1S/C17H27NO3/c1-13(15-8-7-14(21-2)11-16(15)19)18-12-17(20)9-5-3-4-6-10-17/h7-8,11,13,18-20H,3-6,9-10,12H2,1-2H3. The molecule has 1 unspecified atom stereocenters. The van der Waals surface area contributed by atoms with Gasteiger partial charge in [0.15, 0.2) is 0 Å². The molecule has 4 heteroatoms. The highest BCUT2D eigenvalue weighted by Gasteiger charge is 2.28. The summed E-state index contributed by atoms with van der Waals surface area (Å²) in [5.41, 5.74) is 0.223. The molecular formula is C17H27NO3. The van der Waals surface area contributed by atoms with Crippen molar-refractivity contribution in [3.63, 3.8) is 0 Å². The molecule has 21 heavy (non-hydrogen) atoms. The minimum absolute atomic E-state index is 0.0109. The summed E-state index contributed by atoms with van der Waals surface area (Å²) < 4.78 is 5.09. The van der Waals surface area contributed by atoms with Crippen molar-refractivity contribution in [2.75, 3.05) is 13.7 Å². The van der Waals surface area contributed by atoms with Gasteiger partial charge >= 0.3 is 0 Å². The second kappa shape index (κ2) is 7.14. The van der Waals surface area contributed by atoms with Crippen LogP contribution in [0.25, 0.3) is 0 Å². The van der Waals surface area contributed by atoms with Crippen LogP contribution in [0.4, 0.5) is 0 Å². The van der Waals surface area contributed by atoms with E-state index in [0.717, 1.165) is 31.2 Å². The molecule has 118 valence electrons.